The number of carboxylic acids is 2. The van der Waals surface area contributed by atoms with E-state index in [1.165, 1.54) is 49.3 Å². The molecule has 0 spiro atoms. The first-order chi connectivity index (χ1) is 48.9. The van der Waals surface area contributed by atoms with Gasteiger partial charge in [0, 0.05) is 68.2 Å². The summed E-state index contributed by atoms with van der Waals surface area (Å²) in [6.07, 6.45) is 3.87. The minimum Gasteiger partial charge on any atom is -0.508 e. The summed E-state index contributed by atoms with van der Waals surface area (Å²) < 4.78 is 0. The molecule has 5 rings (SSSR count). The molecule has 0 unspecified atom stereocenters. The predicted molar refractivity (Wildman–Crippen MR) is 381 cm³/mol. The monoisotopic (exact) mass is 1450 g/mol. The van der Waals surface area contributed by atoms with Gasteiger partial charge in [0.1, 0.15) is 66.2 Å². The third-order valence-corrected chi connectivity index (χ3v) is 16.9. The summed E-state index contributed by atoms with van der Waals surface area (Å²) in [5, 5.41) is 56.3. The minimum atomic E-state index is -1.72. The molecule has 2 aromatic heterocycles. The lowest BCUT2D eigenvalue weighted by Gasteiger charge is -2.30. The highest BCUT2D eigenvalue weighted by atomic mass is 32.1. The molecule has 0 saturated carbocycles. The summed E-state index contributed by atoms with van der Waals surface area (Å²) in [5.41, 5.74) is 19.1. The number of hydrogen-bond donors (Lipinski definition) is 19. The first kappa shape index (κ1) is 82.8. The van der Waals surface area contributed by atoms with Crippen LogP contribution >= 0.6 is 12.6 Å². The molecule has 21 N–H and O–H groups in total. The van der Waals surface area contributed by atoms with Crippen LogP contribution in [0.1, 0.15) is 102 Å². The SMILES string of the molecule is CC[C@H](C)[C@H](NC(=O)[C@H](Cc1ccc(O)cc1)NC(=O)[C@@H](NC(=O)[C@H](CCCN=C(N)N)NC(=O)[C@H](CC(=O)O)NC(=O)[C@@H](N)CS)C(C)C)C(=O)N[C@@H](Cc1cnc[nH]1)C(=O)N[C@@H](Cc1ccccc1)C(=O)N[C@@H](Cc1ccccc1)C(=O)N[C@@H](Cc1cnc[nH]1)C(=O)N[C@@H](CC(C)C)C(=O)O. The Morgan fingerprint density at radius 1 is 0.495 bits per heavy atom. The van der Waals surface area contributed by atoms with Gasteiger partial charge in [-0.3, -0.25) is 57.7 Å². The number of nitrogens with zero attached hydrogens (tertiary/aromatic N) is 3. The largest absolute Gasteiger partial charge is 0.508 e. The number of carbonyl (C=O) groups is 12. The lowest BCUT2D eigenvalue weighted by molar-refractivity contribution is -0.143. The third-order valence-electron chi connectivity index (χ3n) is 16.5. The van der Waals surface area contributed by atoms with Crippen LogP contribution in [0.15, 0.2) is 115 Å². The maximum absolute atomic E-state index is 15.1. The molecule has 3 aromatic carbocycles. The molecule has 0 fully saturated rings. The second-order valence-corrected chi connectivity index (χ2v) is 26.1. The Kier molecular flexibility index (Phi) is 33.5. The second kappa shape index (κ2) is 41.7. The summed E-state index contributed by atoms with van der Waals surface area (Å²) in [6, 6.07) is 6.82. The molecule has 12 atom stereocenters. The highest BCUT2D eigenvalue weighted by Crippen LogP contribution is 2.17. The number of carbonyl (C=O) groups excluding carboxylic acids is 10. The van der Waals surface area contributed by atoms with Crippen molar-refractivity contribution in [1.82, 2.24) is 73.1 Å². The second-order valence-electron chi connectivity index (χ2n) is 25.7. The van der Waals surface area contributed by atoms with Crippen LogP contribution < -0.4 is 70.4 Å². The number of nitrogens with two attached hydrogens (primary N) is 3. The molecule has 558 valence electrons. The van der Waals surface area contributed by atoms with Crippen molar-refractivity contribution in [2.75, 3.05) is 12.3 Å². The van der Waals surface area contributed by atoms with Gasteiger partial charge in [-0.2, -0.15) is 12.6 Å². The van der Waals surface area contributed by atoms with Gasteiger partial charge in [0.2, 0.25) is 59.1 Å². The van der Waals surface area contributed by atoms with Crippen LogP contribution in [0.4, 0.5) is 0 Å². The molecule has 103 heavy (non-hydrogen) atoms. The molecule has 2 heterocycles. The Labute approximate surface area is 601 Å². The highest BCUT2D eigenvalue weighted by Gasteiger charge is 2.39. The number of hydrogen-bond acceptors (Lipinski definition) is 18. The summed E-state index contributed by atoms with van der Waals surface area (Å²) >= 11 is 3.99. The van der Waals surface area contributed by atoms with Crippen LogP contribution in [-0.2, 0) is 89.6 Å². The summed E-state index contributed by atoms with van der Waals surface area (Å²) in [4.78, 5) is 186. The Hall–Kier alpha value is -10.9. The van der Waals surface area contributed by atoms with Gasteiger partial charge in [-0.15, -0.1) is 0 Å². The number of aliphatic imine (C=N–C) groups is 1. The number of aromatic hydroxyl groups is 1. The first-order valence-corrected chi connectivity index (χ1v) is 34.3. The number of aromatic nitrogens is 4. The number of phenols is 1. The molecule has 0 saturated heterocycles. The normalized spacial score (nSPS) is 14.7. The number of nitrogens with one attached hydrogen (secondary N) is 12. The zero-order valence-electron chi connectivity index (χ0n) is 58.2. The van der Waals surface area contributed by atoms with Gasteiger partial charge in [0.15, 0.2) is 5.96 Å². The van der Waals surface area contributed by atoms with E-state index in [4.69, 9.17) is 17.2 Å². The number of aromatic amines is 2. The van der Waals surface area contributed by atoms with Crippen molar-refractivity contribution in [3.05, 3.63) is 138 Å². The molecular weight excluding hydrogens is 1350 g/mol. The van der Waals surface area contributed by atoms with Crippen LogP contribution in [0.3, 0.4) is 0 Å². The van der Waals surface area contributed by atoms with E-state index in [-0.39, 0.29) is 87.7 Å². The topological polar surface area (TPSA) is 534 Å². The average Bonchev–Trinajstić information content (AvgIpc) is 1.44. The molecule has 33 nitrogen and oxygen atoms in total. The molecule has 10 amide bonds. The standard InChI is InChI=1S/C69H96N18O15S/c1-7-39(6)57(87-65(98)50(28-42-20-22-45(88)23-21-42)83-66(99)56(38(4)5)86-59(92)47(19-14-24-75-69(71)72)78-64(97)53(31-55(89)90)79-58(91)46(70)34-103)67(100)84-52(30-44-33-74-36-77-44)62(95)81-48(26-40-15-10-8-11-16-40)60(93)80-49(27-41-17-12-9-13-18-41)61(94)82-51(29-43-32-73-35-76-43)63(96)85-54(68(101)102)25-37(2)3/h8-13,15-18,20-23,32-33,35-39,46-54,56-57,88,103H,7,14,19,24-31,34,70H2,1-6H3,(H,73,76)(H,74,77)(H,78,97)(H,79,91)(H,80,93)(H,81,95)(H,82,94)(H,83,99)(H,84,100)(H,85,96)(H,86,92)(H,87,98)(H,89,90)(H,101,102)(H4,71,72,75)/t39-,46-,47-,48-,49-,50-,51-,52-,53-,54-,56-,57-/m0/s1. The van der Waals surface area contributed by atoms with Crippen molar-refractivity contribution in [2.45, 2.75) is 172 Å². The smallest absolute Gasteiger partial charge is 0.326 e. The quantitative estimate of drug-likeness (QED) is 0.00945. The maximum atomic E-state index is 15.1. The average molecular weight is 1450 g/mol. The van der Waals surface area contributed by atoms with E-state index in [9.17, 15) is 58.5 Å². The van der Waals surface area contributed by atoms with Crippen molar-refractivity contribution in [2.24, 2.45) is 39.9 Å². The molecule has 0 bridgehead atoms. The van der Waals surface area contributed by atoms with E-state index >= 15 is 14.4 Å². The van der Waals surface area contributed by atoms with Gasteiger partial charge in [0.05, 0.1) is 25.1 Å². The number of benzene rings is 3. The van der Waals surface area contributed by atoms with Crippen LogP contribution in [0, 0.1) is 17.8 Å². The summed E-state index contributed by atoms with van der Waals surface area (Å²) in [6.45, 7) is 10.1. The van der Waals surface area contributed by atoms with Crippen molar-refractivity contribution in [3.8, 4) is 5.75 Å². The van der Waals surface area contributed by atoms with Gasteiger partial charge < -0.3 is 95.7 Å². The fraction of sp³-hybridized carbons (Fsp3) is 0.464. The van der Waals surface area contributed by atoms with Gasteiger partial charge in [-0.1, -0.05) is 121 Å². The number of thiol groups is 1. The molecule has 5 aromatic rings. The number of H-pyrrole nitrogens is 2. The van der Waals surface area contributed by atoms with Crippen molar-refractivity contribution < 1.29 is 72.9 Å². The number of carboxylic acid groups (broad SMARTS) is 2. The van der Waals surface area contributed by atoms with Gasteiger partial charge in [-0.05, 0) is 65.8 Å². The van der Waals surface area contributed by atoms with Crippen LogP contribution in [0.25, 0.3) is 0 Å². The molecule has 34 heteroatoms. The fourth-order valence-electron chi connectivity index (χ4n) is 10.7. The van der Waals surface area contributed by atoms with Gasteiger partial charge >= 0.3 is 11.9 Å². The Bertz CT molecular complexity index is 3640. The van der Waals surface area contributed by atoms with Gasteiger partial charge in [0.25, 0.3) is 0 Å². The predicted octanol–water partition coefficient (Wildman–Crippen LogP) is -1.18. The van der Waals surface area contributed by atoms with E-state index in [1.54, 1.807) is 102 Å². The maximum Gasteiger partial charge on any atom is 0.326 e. The van der Waals surface area contributed by atoms with E-state index in [0.29, 0.717) is 28.1 Å². The highest BCUT2D eigenvalue weighted by molar-refractivity contribution is 7.80. The number of amides is 10. The number of phenolic OH excluding ortho intramolecular Hbond substituents is 1. The number of aliphatic carboxylic acids is 2. The molecule has 0 aliphatic rings. The van der Waals surface area contributed by atoms with Crippen LogP contribution in [-0.4, -0.2) is 191 Å². The fourth-order valence-corrected chi connectivity index (χ4v) is 10.9. The zero-order chi connectivity index (χ0) is 75.9. The lowest BCUT2D eigenvalue weighted by atomic mass is 9.96. The van der Waals surface area contributed by atoms with Crippen molar-refractivity contribution in [3.63, 3.8) is 0 Å². The molecule has 0 aliphatic heterocycles. The molecule has 0 aliphatic carbocycles. The van der Waals surface area contributed by atoms with E-state index < -0.39 is 156 Å². The van der Waals surface area contributed by atoms with Crippen molar-refractivity contribution >= 4 is 89.6 Å². The Morgan fingerprint density at radius 3 is 1.29 bits per heavy atom. The first-order valence-electron chi connectivity index (χ1n) is 33.7. The zero-order valence-corrected chi connectivity index (χ0v) is 59.1. The molecule has 0 radical (unpaired) electrons. The Balaban J connectivity index is 1.46. The molecular formula is C69H96N18O15S. The Morgan fingerprint density at radius 2 is 0.883 bits per heavy atom. The third kappa shape index (κ3) is 28.2. The minimum absolute atomic E-state index is 0.0288. The van der Waals surface area contributed by atoms with Crippen molar-refractivity contribution in [1.29, 1.82) is 0 Å². The van der Waals surface area contributed by atoms with Crippen LogP contribution in [0.5, 0.6) is 5.75 Å². The number of rotatable bonds is 43. The van der Waals surface area contributed by atoms with E-state index in [0.717, 1.165) is 0 Å². The van der Waals surface area contributed by atoms with Crippen LogP contribution in [0.2, 0.25) is 0 Å². The van der Waals surface area contributed by atoms with E-state index in [2.05, 4.69) is 90.7 Å². The number of guanidine groups is 1. The van der Waals surface area contributed by atoms with E-state index in [1.807, 2.05) is 0 Å². The summed E-state index contributed by atoms with van der Waals surface area (Å²) in [5.74, 6) is -14.0. The van der Waals surface area contributed by atoms with Gasteiger partial charge in [-0.25, -0.2) is 14.8 Å². The number of imidazole rings is 2. The summed E-state index contributed by atoms with van der Waals surface area (Å²) in [7, 11) is 0. The lowest BCUT2D eigenvalue weighted by Crippen LogP contribution is -2.62.